The Morgan fingerprint density at radius 3 is 2.41 bits per heavy atom. The Hall–Kier alpha value is -0.890. The lowest BCUT2D eigenvalue weighted by Crippen LogP contribution is -2.20. The summed E-state index contributed by atoms with van der Waals surface area (Å²) in [7, 11) is 0. The van der Waals surface area contributed by atoms with Gasteiger partial charge in [-0.1, -0.05) is 45.4 Å². The third kappa shape index (κ3) is 3.81. The second-order valence-corrected chi connectivity index (χ2v) is 6.04. The van der Waals surface area contributed by atoms with Gasteiger partial charge in [-0.05, 0) is 30.7 Å². The standard InChI is InChI=1S/C15H23FO/c1-10-6-7-13(16)12(8-10)14(17)9-11(2)15(3,4)5/h6-8,11,14,17H,9H2,1-5H3. The molecule has 0 saturated carbocycles. The molecular weight excluding hydrogens is 215 g/mol. The number of hydrogen-bond acceptors (Lipinski definition) is 1. The van der Waals surface area contributed by atoms with Gasteiger partial charge in [0.05, 0.1) is 6.10 Å². The largest absolute Gasteiger partial charge is 0.388 e. The van der Waals surface area contributed by atoms with Crippen LogP contribution in [0.25, 0.3) is 0 Å². The molecule has 1 N–H and O–H groups in total. The van der Waals surface area contributed by atoms with Crippen molar-refractivity contribution in [1.82, 2.24) is 0 Å². The summed E-state index contributed by atoms with van der Waals surface area (Å²) in [6.07, 6.45) is -0.131. The van der Waals surface area contributed by atoms with Crippen molar-refractivity contribution in [3.05, 3.63) is 35.1 Å². The number of aliphatic hydroxyl groups is 1. The zero-order valence-corrected chi connectivity index (χ0v) is 11.4. The van der Waals surface area contributed by atoms with Gasteiger partial charge in [-0.2, -0.15) is 0 Å². The molecule has 2 atom stereocenters. The lowest BCUT2D eigenvalue weighted by atomic mass is 9.78. The minimum absolute atomic E-state index is 0.126. The van der Waals surface area contributed by atoms with E-state index >= 15 is 0 Å². The number of halogens is 1. The summed E-state index contributed by atoms with van der Waals surface area (Å²) in [4.78, 5) is 0. The van der Waals surface area contributed by atoms with Gasteiger partial charge < -0.3 is 5.11 Å². The Bertz CT molecular complexity index is 379. The Labute approximate surface area is 104 Å². The van der Waals surface area contributed by atoms with Gasteiger partial charge in [0.1, 0.15) is 5.82 Å². The lowest BCUT2D eigenvalue weighted by Gasteiger charge is -2.29. The Kier molecular flexibility index (Phi) is 4.31. The fraction of sp³-hybridized carbons (Fsp3) is 0.600. The number of rotatable bonds is 3. The monoisotopic (exact) mass is 238 g/mol. The Morgan fingerprint density at radius 1 is 1.29 bits per heavy atom. The van der Waals surface area contributed by atoms with Gasteiger partial charge in [0.2, 0.25) is 0 Å². The number of benzene rings is 1. The summed E-state index contributed by atoms with van der Waals surface area (Å²) < 4.78 is 13.6. The van der Waals surface area contributed by atoms with Gasteiger partial charge in [0.15, 0.2) is 0 Å². The van der Waals surface area contributed by atoms with Crippen LogP contribution in [0.4, 0.5) is 4.39 Å². The van der Waals surface area contributed by atoms with Crippen LogP contribution in [0.2, 0.25) is 0 Å². The molecule has 0 bridgehead atoms. The van der Waals surface area contributed by atoms with Gasteiger partial charge in [0, 0.05) is 5.56 Å². The summed E-state index contributed by atoms with van der Waals surface area (Å²) in [6, 6.07) is 4.88. The topological polar surface area (TPSA) is 20.2 Å². The molecule has 0 saturated heterocycles. The van der Waals surface area contributed by atoms with Crippen LogP contribution in [0.15, 0.2) is 18.2 Å². The second kappa shape index (κ2) is 5.18. The molecule has 0 aliphatic heterocycles. The van der Waals surface area contributed by atoms with E-state index in [0.29, 0.717) is 17.9 Å². The van der Waals surface area contributed by atoms with E-state index < -0.39 is 6.10 Å². The van der Waals surface area contributed by atoms with E-state index in [-0.39, 0.29) is 11.2 Å². The van der Waals surface area contributed by atoms with E-state index in [4.69, 9.17) is 0 Å². The highest BCUT2D eigenvalue weighted by atomic mass is 19.1. The van der Waals surface area contributed by atoms with Crippen LogP contribution in [-0.2, 0) is 0 Å². The molecule has 1 nitrogen and oxygen atoms in total. The lowest BCUT2D eigenvalue weighted by molar-refractivity contribution is 0.108. The first-order valence-electron chi connectivity index (χ1n) is 6.16. The number of aliphatic hydroxyl groups excluding tert-OH is 1. The molecule has 1 aromatic carbocycles. The highest BCUT2D eigenvalue weighted by molar-refractivity contribution is 5.25. The maximum Gasteiger partial charge on any atom is 0.129 e. The van der Waals surface area contributed by atoms with E-state index in [1.807, 2.05) is 6.92 Å². The summed E-state index contributed by atoms with van der Waals surface area (Å²) in [6.45, 7) is 10.4. The van der Waals surface area contributed by atoms with Crippen molar-refractivity contribution in [2.75, 3.05) is 0 Å². The summed E-state index contributed by atoms with van der Waals surface area (Å²) in [5, 5.41) is 10.1. The van der Waals surface area contributed by atoms with Gasteiger partial charge in [-0.15, -0.1) is 0 Å². The van der Waals surface area contributed by atoms with Gasteiger partial charge in [-0.25, -0.2) is 4.39 Å². The molecule has 0 amide bonds. The molecule has 2 unspecified atom stereocenters. The van der Waals surface area contributed by atoms with E-state index in [9.17, 15) is 9.50 Å². The van der Waals surface area contributed by atoms with Crippen molar-refractivity contribution in [3.8, 4) is 0 Å². The van der Waals surface area contributed by atoms with Crippen molar-refractivity contribution in [1.29, 1.82) is 0 Å². The maximum absolute atomic E-state index is 13.6. The van der Waals surface area contributed by atoms with Crippen LogP contribution < -0.4 is 0 Å². The van der Waals surface area contributed by atoms with Crippen molar-refractivity contribution in [3.63, 3.8) is 0 Å². The normalized spacial score (nSPS) is 15.7. The SMILES string of the molecule is Cc1ccc(F)c(C(O)CC(C)C(C)(C)C)c1. The van der Waals surface area contributed by atoms with Crippen molar-refractivity contribution >= 4 is 0 Å². The molecule has 0 heterocycles. The average molecular weight is 238 g/mol. The van der Waals surface area contributed by atoms with E-state index in [1.165, 1.54) is 6.07 Å². The van der Waals surface area contributed by atoms with Crippen molar-refractivity contribution in [2.45, 2.75) is 47.1 Å². The highest BCUT2D eigenvalue weighted by Crippen LogP contribution is 2.34. The van der Waals surface area contributed by atoms with Gasteiger partial charge in [-0.3, -0.25) is 0 Å². The molecule has 2 heteroatoms. The fourth-order valence-corrected chi connectivity index (χ4v) is 1.73. The Balaban J connectivity index is 2.83. The smallest absolute Gasteiger partial charge is 0.129 e. The molecule has 17 heavy (non-hydrogen) atoms. The van der Waals surface area contributed by atoms with Crippen LogP contribution >= 0.6 is 0 Å². The first kappa shape index (κ1) is 14.2. The van der Waals surface area contributed by atoms with Gasteiger partial charge >= 0.3 is 0 Å². The molecule has 1 aromatic rings. The molecule has 0 spiro atoms. The zero-order valence-electron chi connectivity index (χ0n) is 11.4. The zero-order chi connectivity index (χ0) is 13.2. The van der Waals surface area contributed by atoms with Crippen LogP contribution in [0.3, 0.4) is 0 Å². The molecule has 1 rings (SSSR count). The molecule has 96 valence electrons. The number of aryl methyl sites for hydroxylation is 1. The third-order valence-corrected chi connectivity index (χ3v) is 3.57. The average Bonchev–Trinajstić information content (AvgIpc) is 2.20. The molecule has 0 fully saturated rings. The second-order valence-electron chi connectivity index (χ2n) is 6.04. The quantitative estimate of drug-likeness (QED) is 0.835. The van der Waals surface area contributed by atoms with Crippen LogP contribution in [0, 0.1) is 24.1 Å². The third-order valence-electron chi connectivity index (χ3n) is 3.57. The molecule has 0 aliphatic rings. The van der Waals surface area contributed by atoms with E-state index in [2.05, 4.69) is 27.7 Å². The molecule has 0 aliphatic carbocycles. The van der Waals surface area contributed by atoms with Crippen LogP contribution in [-0.4, -0.2) is 5.11 Å². The number of hydrogen-bond donors (Lipinski definition) is 1. The van der Waals surface area contributed by atoms with Crippen molar-refractivity contribution in [2.24, 2.45) is 11.3 Å². The first-order chi connectivity index (χ1) is 7.71. The van der Waals surface area contributed by atoms with Crippen LogP contribution in [0.1, 0.15) is 51.3 Å². The predicted molar refractivity (Wildman–Crippen MR) is 69.3 cm³/mol. The molecular formula is C15H23FO. The minimum Gasteiger partial charge on any atom is -0.388 e. The Morgan fingerprint density at radius 2 is 1.88 bits per heavy atom. The van der Waals surface area contributed by atoms with E-state index in [0.717, 1.165) is 5.56 Å². The van der Waals surface area contributed by atoms with E-state index in [1.54, 1.807) is 12.1 Å². The van der Waals surface area contributed by atoms with Crippen LogP contribution in [0.5, 0.6) is 0 Å². The molecule has 0 radical (unpaired) electrons. The first-order valence-corrected chi connectivity index (χ1v) is 6.16. The maximum atomic E-state index is 13.6. The summed E-state index contributed by atoms with van der Waals surface area (Å²) in [5.74, 6) is 0.0154. The fourth-order valence-electron chi connectivity index (χ4n) is 1.73. The summed E-state index contributed by atoms with van der Waals surface area (Å²) in [5.41, 5.74) is 1.52. The molecule has 0 aromatic heterocycles. The van der Waals surface area contributed by atoms with Gasteiger partial charge in [0.25, 0.3) is 0 Å². The highest BCUT2D eigenvalue weighted by Gasteiger charge is 2.24. The minimum atomic E-state index is -0.718. The summed E-state index contributed by atoms with van der Waals surface area (Å²) >= 11 is 0. The predicted octanol–water partition coefficient (Wildman–Crippen LogP) is 4.24. The van der Waals surface area contributed by atoms with Crippen molar-refractivity contribution < 1.29 is 9.50 Å².